The van der Waals surface area contributed by atoms with Crippen LogP contribution in [0.3, 0.4) is 0 Å². The highest BCUT2D eigenvalue weighted by atomic mass is 16.6. The van der Waals surface area contributed by atoms with Gasteiger partial charge in [-0.25, -0.2) is 0 Å². The number of nitrogens with zero attached hydrogens (tertiary/aromatic N) is 2. The lowest BCUT2D eigenvalue weighted by atomic mass is 9.92. The lowest BCUT2D eigenvalue weighted by molar-refractivity contribution is -0.386. The minimum atomic E-state index is -0.730. The Kier molecular flexibility index (Phi) is 5.70. The average molecular weight is 364 g/mol. The molecule has 0 aliphatic carbocycles. The smallest absolute Gasteiger partial charge is 0.281 e. The van der Waals surface area contributed by atoms with Gasteiger partial charge >= 0.3 is 0 Å². The topological polar surface area (TPSA) is 145 Å². The number of nitro groups is 2. The number of ether oxygens (including phenoxy) is 2. The van der Waals surface area contributed by atoms with Crippen LogP contribution in [0, 0.1) is 20.2 Å². The summed E-state index contributed by atoms with van der Waals surface area (Å²) in [6, 6.07) is 4.89. The van der Waals surface area contributed by atoms with Gasteiger partial charge in [0.15, 0.2) is 0 Å². The second-order valence-electron chi connectivity index (χ2n) is 5.19. The molecular formula is C16H16N2O8. The maximum atomic E-state index is 11.5. The van der Waals surface area contributed by atoms with Gasteiger partial charge < -0.3 is 19.7 Å². The number of hydrogen-bond donors (Lipinski definition) is 2. The summed E-state index contributed by atoms with van der Waals surface area (Å²) in [5.41, 5.74) is -1.18. The van der Waals surface area contributed by atoms with Crippen LogP contribution in [0.5, 0.6) is 11.5 Å². The van der Waals surface area contributed by atoms with Crippen LogP contribution in [0.15, 0.2) is 24.3 Å². The fraction of sp³-hybridized carbons (Fsp3) is 0.250. The molecule has 26 heavy (non-hydrogen) atoms. The standard InChI is InChI=1S/C16H16N2O8/c1-25-11-3-9(7-19)15(13(5-11)17(21)22)16-10(8-20)4-12(26-2)6-14(16)18(23)24/h3-6,19-20H,7-8H2,1-2H3. The fourth-order valence-electron chi connectivity index (χ4n) is 2.66. The van der Waals surface area contributed by atoms with Gasteiger partial charge in [0.25, 0.3) is 11.4 Å². The van der Waals surface area contributed by atoms with E-state index >= 15 is 0 Å². The molecule has 10 nitrogen and oxygen atoms in total. The van der Waals surface area contributed by atoms with E-state index in [4.69, 9.17) is 9.47 Å². The van der Waals surface area contributed by atoms with Gasteiger partial charge in [-0.1, -0.05) is 0 Å². The molecule has 0 amide bonds. The second-order valence-corrected chi connectivity index (χ2v) is 5.19. The van der Waals surface area contributed by atoms with Gasteiger partial charge in [0.2, 0.25) is 0 Å². The lowest BCUT2D eigenvalue weighted by Gasteiger charge is -2.15. The predicted molar refractivity (Wildman–Crippen MR) is 90.1 cm³/mol. The number of rotatable bonds is 7. The summed E-state index contributed by atoms with van der Waals surface area (Å²) in [5.74, 6) is 0.234. The molecule has 0 aliphatic heterocycles. The highest BCUT2D eigenvalue weighted by Crippen LogP contribution is 2.44. The van der Waals surface area contributed by atoms with Crippen LogP contribution in [0.2, 0.25) is 0 Å². The van der Waals surface area contributed by atoms with E-state index in [1.165, 1.54) is 26.4 Å². The number of benzene rings is 2. The van der Waals surface area contributed by atoms with Gasteiger partial charge in [0, 0.05) is 0 Å². The third-order valence-electron chi connectivity index (χ3n) is 3.80. The number of aliphatic hydroxyl groups is 2. The molecule has 0 aromatic heterocycles. The average Bonchev–Trinajstić information content (AvgIpc) is 2.65. The molecule has 0 bridgehead atoms. The molecule has 0 atom stereocenters. The summed E-state index contributed by atoms with van der Waals surface area (Å²) < 4.78 is 9.98. The summed E-state index contributed by atoms with van der Waals surface area (Å²) in [6.07, 6.45) is 0. The number of hydrogen-bond acceptors (Lipinski definition) is 8. The van der Waals surface area contributed by atoms with Crippen LogP contribution in [0.25, 0.3) is 11.1 Å². The van der Waals surface area contributed by atoms with E-state index < -0.39 is 34.4 Å². The Morgan fingerprint density at radius 1 is 0.808 bits per heavy atom. The van der Waals surface area contributed by atoms with Crippen molar-refractivity contribution in [2.75, 3.05) is 14.2 Å². The zero-order chi connectivity index (χ0) is 19.4. The maximum Gasteiger partial charge on any atom is 0.281 e. The van der Waals surface area contributed by atoms with Crippen LogP contribution < -0.4 is 9.47 Å². The minimum Gasteiger partial charge on any atom is -0.496 e. The monoisotopic (exact) mass is 364 g/mol. The molecule has 2 aromatic rings. The predicted octanol–water partition coefficient (Wildman–Crippen LogP) is 2.17. The van der Waals surface area contributed by atoms with E-state index in [-0.39, 0.29) is 33.8 Å². The number of methoxy groups -OCH3 is 2. The summed E-state index contributed by atoms with van der Waals surface area (Å²) >= 11 is 0. The molecule has 2 aromatic carbocycles. The van der Waals surface area contributed by atoms with Crippen molar-refractivity contribution in [3.05, 3.63) is 55.6 Å². The summed E-state index contributed by atoms with van der Waals surface area (Å²) in [5, 5.41) is 42.4. The van der Waals surface area contributed by atoms with E-state index in [0.717, 1.165) is 12.1 Å². The second kappa shape index (κ2) is 7.76. The quantitative estimate of drug-likeness (QED) is 0.561. The molecular weight excluding hydrogens is 348 g/mol. The zero-order valence-electron chi connectivity index (χ0n) is 14.0. The molecule has 0 heterocycles. The highest BCUT2D eigenvalue weighted by molar-refractivity contribution is 5.87. The SMILES string of the molecule is COc1cc(CO)c(-c2c(CO)cc(OC)cc2[N+](=O)[O-])c([N+](=O)[O-])c1. The first-order valence-electron chi connectivity index (χ1n) is 7.30. The molecule has 0 saturated carbocycles. The molecule has 138 valence electrons. The molecule has 0 saturated heterocycles. The largest absolute Gasteiger partial charge is 0.496 e. The Hall–Kier alpha value is -3.24. The lowest BCUT2D eigenvalue weighted by Crippen LogP contribution is -2.04. The molecule has 2 rings (SSSR count). The summed E-state index contributed by atoms with van der Waals surface area (Å²) in [6.45, 7) is -1.25. The van der Waals surface area contributed by atoms with Crippen LogP contribution in [0.1, 0.15) is 11.1 Å². The van der Waals surface area contributed by atoms with Crippen molar-refractivity contribution >= 4 is 11.4 Å². The van der Waals surface area contributed by atoms with Crippen molar-refractivity contribution in [2.45, 2.75) is 13.2 Å². The van der Waals surface area contributed by atoms with Crippen molar-refractivity contribution in [1.82, 2.24) is 0 Å². The Balaban J connectivity index is 2.99. The molecule has 2 N–H and O–H groups in total. The van der Waals surface area contributed by atoms with Gasteiger partial charge in [0.1, 0.15) is 11.5 Å². The fourth-order valence-corrected chi connectivity index (χ4v) is 2.66. The first kappa shape index (κ1) is 19.1. The van der Waals surface area contributed by atoms with Gasteiger partial charge in [-0.2, -0.15) is 0 Å². The van der Waals surface area contributed by atoms with E-state index in [9.17, 15) is 30.4 Å². The van der Waals surface area contributed by atoms with Gasteiger partial charge in [-0.15, -0.1) is 0 Å². The Morgan fingerprint density at radius 2 is 1.15 bits per heavy atom. The van der Waals surface area contributed by atoms with E-state index in [0.29, 0.717) is 0 Å². The van der Waals surface area contributed by atoms with E-state index in [1.807, 2.05) is 0 Å². The Morgan fingerprint density at radius 3 is 1.38 bits per heavy atom. The summed E-state index contributed by atoms with van der Waals surface area (Å²) in [7, 11) is 2.60. The summed E-state index contributed by atoms with van der Waals surface area (Å²) in [4.78, 5) is 21.6. The number of nitro benzene ring substituents is 2. The van der Waals surface area contributed by atoms with Crippen LogP contribution in [0.4, 0.5) is 11.4 Å². The van der Waals surface area contributed by atoms with Crippen molar-refractivity contribution in [3.8, 4) is 22.6 Å². The molecule has 0 radical (unpaired) electrons. The first-order valence-corrected chi connectivity index (χ1v) is 7.30. The van der Waals surface area contributed by atoms with Crippen molar-refractivity contribution in [3.63, 3.8) is 0 Å². The molecule has 0 aliphatic rings. The van der Waals surface area contributed by atoms with E-state index in [2.05, 4.69) is 0 Å². The molecule has 0 fully saturated rings. The Bertz CT molecular complexity index is 794. The van der Waals surface area contributed by atoms with Crippen LogP contribution in [-0.4, -0.2) is 34.3 Å². The van der Waals surface area contributed by atoms with Crippen molar-refractivity contribution < 1.29 is 29.5 Å². The third-order valence-corrected chi connectivity index (χ3v) is 3.80. The Labute approximate surface area is 147 Å². The highest BCUT2D eigenvalue weighted by Gasteiger charge is 2.30. The van der Waals surface area contributed by atoms with Crippen LogP contribution >= 0.6 is 0 Å². The van der Waals surface area contributed by atoms with E-state index in [1.54, 1.807) is 0 Å². The molecule has 10 heteroatoms. The van der Waals surface area contributed by atoms with Gasteiger partial charge in [-0.05, 0) is 23.3 Å². The zero-order valence-corrected chi connectivity index (χ0v) is 14.0. The first-order chi connectivity index (χ1) is 12.4. The minimum absolute atomic E-state index is 0.0546. The van der Waals surface area contributed by atoms with Gasteiger partial charge in [-0.3, -0.25) is 20.2 Å². The van der Waals surface area contributed by atoms with Crippen molar-refractivity contribution in [1.29, 1.82) is 0 Å². The normalized spacial score (nSPS) is 10.5. The number of aliphatic hydroxyl groups excluding tert-OH is 2. The van der Waals surface area contributed by atoms with Gasteiger partial charge in [0.05, 0.1) is 60.5 Å². The maximum absolute atomic E-state index is 11.5. The third kappa shape index (κ3) is 3.41. The molecule has 0 unspecified atom stereocenters. The van der Waals surface area contributed by atoms with Crippen molar-refractivity contribution in [2.24, 2.45) is 0 Å². The molecule has 0 spiro atoms. The van der Waals surface area contributed by atoms with Crippen LogP contribution in [-0.2, 0) is 13.2 Å².